The Morgan fingerprint density at radius 2 is 1.65 bits per heavy atom. The molecule has 0 bridgehead atoms. The summed E-state index contributed by atoms with van der Waals surface area (Å²) in [6, 6.07) is 14.0. The Labute approximate surface area is 139 Å². The summed E-state index contributed by atoms with van der Waals surface area (Å²) in [5.74, 6) is 2.29. The van der Waals surface area contributed by atoms with Gasteiger partial charge in [0.2, 0.25) is 0 Å². The maximum atomic E-state index is 6.03. The first-order chi connectivity index (χ1) is 11.1. The highest BCUT2D eigenvalue weighted by Crippen LogP contribution is 2.33. The van der Waals surface area contributed by atoms with Crippen molar-refractivity contribution < 1.29 is 9.47 Å². The van der Waals surface area contributed by atoms with Gasteiger partial charge in [-0.2, -0.15) is 0 Å². The summed E-state index contributed by atoms with van der Waals surface area (Å²) in [6.45, 7) is 8.76. The molecule has 0 fully saturated rings. The van der Waals surface area contributed by atoms with Crippen molar-refractivity contribution in [3.05, 3.63) is 65.2 Å². The van der Waals surface area contributed by atoms with E-state index in [0.29, 0.717) is 6.61 Å². The van der Waals surface area contributed by atoms with Crippen LogP contribution in [0.25, 0.3) is 12.2 Å². The van der Waals surface area contributed by atoms with E-state index in [1.807, 2.05) is 56.3 Å². The predicted molar refractivity (Wildman–Crippen MR) is 98.2 cm³/mol. The zero-order chi connectivity index (χ0) is 16.7. The van der Waals surface area contributed by atoms with Crippen molar-refractivity contribution in [1.29, 1.82) is 0 Å². The van der Waals surface area contributed by atoms with Crippen LogP contribution in [0.2, 0.25) is 0 Å². The minimum Gasteiger partial charge on any atom is -0.490 e. The predicted octanol–water partition coefficient (Wildman–Crippen LogP) is 6.33. The van der Waals surface area contributed by atoms with Gasteiger partial charge >= 0.3 is 0 Å². The highest BCUT2D eigenvalue weighted by atomic mass is 16.5. The van der Waals surface area contributed by atoms with Gasteiger partial charge in [-0.05, 0) is 63.1 Å². The maximum Gasteiger partial charge on any atom is 0.169 e. The van der Waals surface area contributed by atoms with Crippen molar-refractivity contribution in [2.24, 2.45) is 0 Å². The SMILES string of the molecule is C/C=C/c1ccc(OCC)c(Oc2ccc(C=C(C)C)cc2)c1. The Hall–Kier alpha value is -2.48. The second-order valence-corrected chi connectivity index (χ2v) is 5.53. The van der Waals surface area contributed by atoms with Crippen LogP contribution in [0.4, 0.5) is 0 Å². The quantitative estimate of drug-likeness (QED) is 0.620. The van der Waals surface area contributed by atoms with Crippen molar-refractivity contribution in [1.82, 2.24) is 0 Å². The Kier molecular flexibility index (Phi) is 6.04. The standard InChI is InChI=1S/C21H24O2/c1-5-7-17-10-13-20(22-6-2)21(15-17)23-19-11-8-18(9-12-19)14-16(3)4/h5,7-15H,6H2,1-4H3/b7-5+. The van der Waals surface area contributed by atoms with Crippen LogP contribution in [0.3, 0.4) is 0 Å². The van der Waals surface area contributed by atoms with Gasteiger partial charge in [0.1, 0.15) is 5.75 Å². The smallest absolute Gasteiger partial charge is 0.169 e. The second kappa shape index (κ2) is 8.23. The van der Waals surface area contributed by atoms with Gasteiger partial charge < -0.3 is 9.47 Å². The molecule has 0 spiro atoms. The molecule has 0 saturated heterocycles. The first kappa shape index (κ1) is 16.9. The van der Waals surface area contributed by atoms with Crippen LogP contribution < -0.4 is 9.47 Å². The van der Waals surface area contributed by atoms with Gasteiger partial charge in [0.15, 0.2) is 11.5 Å². The maximum absolute atomic E-state index is 6.03. The lowest BCUT2D eigenvalue weighted by Crippen LogP contribution is -1.95. The normalized spacial score (nSPS) is 10.6. The van der Waals surface area contributed by atoms with Crippen LogP contribution in [0, 0.1) is 0 Å². The summed E-state index contributed by atoms with van der Waals surface area (Å²) in [6.07, 6.45) is 6.19. The van der Waals surface area contributed by atoms with E-state index in [4.69, 9.17) is 9.47 Å². The molecule has 23 heavy (non-hydrogen) atoms. The Balaban J connectivity index is 2.26. The first-order valence-corrected chi connectivity index (χ1v) is 7.94. The second-order valence-electron chi connectivity index (χ2n) is 5.53. The van der Waals surface area contributed by atoms with Gasteiger partial charge in [-0.15, -0.1) is 0 Å². The summed E-state index contributed by atoms with van der Waals surface area (Å²) in [7, 11) is 0. The van der Waals surface area contributed by atoms with Crippen molar-refractivity contribution in [2.75, 3.05) is 6.61 Å². The molecule has 120 valence electrons. The first-order valence-electron chi connectivity index (χ1n) is 7.94. The fourth-order valence-corrected chi connectivity index (χ4v) is 2.27. The van der Waals surface area contributed by atoms with E-state index < -0.39 is 0 Å². The molecule has 0 atom stereocenters. The molecule has 0 aliphatic rings. The molecule has 0 radical (unpaired) electrons. The molecule has 0 saturated carbocycles. The molecule has 2 heteroatoms. The molecule has 2 aromatic rings. The van der Waals surface area contributed by atoms with Gasteiger partial charge in [0, 0.05) is 0 Å². The van der Waals surface area contributed by atoms with E-state index in [-0.39, 0.29) is 0 Å². The highest BCUT2D eigenvalue weighted by Gasteiger charge is 2.07. The number of allylic oxidation sites excluding steroid dienone is 2. The third kappa shape index (κ3) is 5.03. The molecule has 0 unspecified atom stereocenters. The lowest BCUT2D eigenvalue weighted by atomic mass is 10.1. The molecular weight excluding hydrogens is 284 g/mol. The van der Waals surface area contributed by atoms with Gasteiger partial charge in [-0.1, -0.05) is 42.0 Å². The van der Waals surface area contributed by atoms with Crippen molar-refractivity contribution in [2.45, 2.75) is 27.7 Å². The van der Waals surface area contributed by atoms with E-state index in [1.165, 1.54) is 11.1 Å². The van der Waals surface area contributed by atoms with E-state index >= 15 is 0 Å². The van der Waals surface area contributed by atoms with Crippen molar-refractivity contribution >= 4 is 12.2 Å². The van der Waals surface area contributed by atoms with E-state index in [2.05, 4.69) is 32.1 Å². The minimum atomic E-state index is 0.610. The number of hydrogen-bond acceptors (Lipinski definition) is 2. The van der Waals surface area contributed by atoms with E-state index in [0.717, 1.165) is 22.8 Å². The zero-order valence-electron chi connectivity index (χ0n) is 14.3. The molecule has 2 rings (SSSR count). The van der Waals surface area contributed by atoms with Gasteiger partial charge in [0.25, 0.3) is 0 Å². The van der Waals surface area contributed by atoms with Crippen LogP contribution in [0.15, 0.2) is 54.1 Å². The summed E-state index contributed by atoms with van der Waals surface area (Å²) in [5.41, 5.74) is 3.54. The van der Waals surface area contributed by atoms with Crippen LogP contribution >= 0.6 is 0 Å². The fraction of sp³-hybridized carbons (Fsp3) is 0.238. The lowest BCUT2D eigenvalue weighted by molar-refractivity contribution is 0.321. The topological polar surface area (TPSA) is 18.5 Å². The third-order valence-corrected chi connectivity index (χ3v) is 3.19. The average molecular weight is 308 g/mol. The number of benzene rings is 2. The van der Waals surface area contributed by atoms with Crippen LogP contribution in [0.1, 0.15) is 38.8 Å². The monoisotopic (exact) mass is 308 g/mol. The molecule has 0 N–H and O–H groups in total. The fourth-order valence-electron chi connectivity index (χ4n) is 2.27. The molecular formula is C21H24O2. The third-order valence-electron chi connectivity index (χ3n) is 3.19. The molecule has 2 aromatic carbocycles. The Morgan fingerprint density at radius 1 is 0.957 bits per heavy atom. The largest absolute Gasteiger partial charge is 0.490 e. The summed E-state index contributed by atoms with van der Waals surface area (Å²) < 4.78 is 11.7. The molecule has 0 heterocycles. The highest BCUT2D eigenvalue weighted by molar-refractivity contribution is 5.57. The van der Waals surface area contributed by atoms with E-state index in [9.17, 15) is 0 Å². The summed E-state index contributed by atoms with van der Waals surface area (Å²) in [4.78, 5) is 0. The van der Waals surface area contributed by atoms with Crippen LogP contribution in [0.5, 0.6) is 17.2 Å². The van der Waals surface area contributed by atoms with Gasteiger partial charge in [-0.25, -0.2) is 0 Å². The molecule has 0 aromatic heterocycles. The van der Waals surface area contributed by atoms with Crippen molar-refractivity contribution in [3.63, 3.8) is 0 Å². The number of ether oxygens (including phenoxy) is 2. The molecule has 0 aliphatic heterocycles. The summed E-state index contributed by atoms with van der Waals surface area (Å²) >= 11 is 0. The number of hydrogen-bond donors (Lipinski definition) is 0. The number of rotatable bonds is 6. The van der Waals surface area contributed by atoms with Gasteiger partial charge in [0.05, 0.1) is 6.61 Å². The molecule has 0 amide bonds. The molecule has 0 aliphatic carbocycles. The van der Waals surface area contributed by atoms with Crippen molar-refractivity contribution in [3.8, 4) is 17.2 Å². The van der Waals surface area contributed by atoms with Crippen LogP contribution in [-0.2, 0) is 0 Å². The Bertz CT molecular complexity index is 690. The average Bonchev–Trinajstić information content (AvgIpc) is 2.52. The molecule has 2 nitrogen and oxygen atoms in total. The Morgan fingerprint density at radius 3 is 2.26 bits per heavy atom. The summed E-state index contributed by atoms with van der Waals surface area (Å²) in [5, 5.41) is 0. The zero-order valence-corrected chi connectivity index (χ0v) is 14.3. The van der Waals surface area contributed by atoms with Crippen LogP contribution in [-0.4, -0.2) is 6.61 Å². The van der Waals surface area contributed by atoms with Gasteiger partial charge in [-0.3, -0.25) is 0 Å². The minimum absolute atomic E-state index is 0.610. The van der Waals surface area contributed by atoms with E-state index in [1.54, 1.807) is 0 Å². The lowest BCUT2D eigenvalue weighted by Gasteiger charge is -2.12.